The molecule has 0 saturated carbocycles. The number of hydrogen-bond donors (Lipinski definition) is 2. The average Bonchev–Trinajstić information content (AvgIpc) is 3.41. The van der Waals surface area contributed by atoms with E-state index in [0.29, 0.717) is 17.7 Å². The van der Waals surface area contributed by atoms with Crippen LogP contribution in [0, 0.1) is 22.0 Å². The Morgan fingerprint density at radius 1 is 1.18 bits per heavy atom. The average molecular weight is 483 g/mol. The lowest BCUT2D eigenvalue weighted by Crippen LogP contribution is -2.53. The van der Waals surface area contributed by atoms with E-state index >= 15 is 0 Å². The number of non-ortho nitro benzene ring substituents is 1. The van der Waals surface area contributed by atoms with Crippen molar-refractivity contribution in [2.45, 2.75) is 18.0 Å². The number of fused-ring (bicyclic) bond motifs is 4. The van der Waals surface area contributed by atoms with Crippen molar-refractivity contribution in [3.63, 3.8) is 0 Å². The fourth-order valence-corrected chi connectivity index (χ4v) is 5.94. The van der Waals surface area contributed by atoms with Gasteiger partial charge in [-0.05, 0) is 30.6 Å². The van der Waals surface area contributed by atoms with Crippen LogP contribution in [0.5, 0.6) is 5.75 Å². The molecule has 10 nitrogen and oxygen atoms in total. The van der Waals surface area contributed by atoms with Gasteiger partial charge < -0.3 is 10.1 Å². The largest absolute Gasteiger partial charge is 0.494 e. The molecule has 1 spiro atoms. The van der Waals surface area contributed by atoms with Crippen molar-refractivity contribution in [3.8, 4) is 5.75 Å². The van der Waals surface area contributed by atoms with Gasteiger partial charge in [0.15, 0.2) is 0 Å². The molecule has 0 aromatic heterocycles. The lowest BCUT2D eigenvalue weighted by Gasteiger charge is -2.29. The van der Waals surface area contributed by atoms with Crippen LogP contribution >= 0.6 is 11.8 Å². The van der Waals surface area contributed by atoms with Crippen LogP contribution in [0.15, 0.2) is 42.5 Å². The van der Waals surface area contributed by atoms with Crippen LogP contribution in [0.3, 0.4) is 0 Å². The number of nitrogens with one attached hydrogen (secondary N) is 2. The summed E-state index contributed by atoms with van der Waals surface area (Å²) >= 11 is 1.62. The van der Waals surface area contributed by atoms with E-state index in [-0.39, 0.29) is 23.0 Å². The number of nitro benzene ring substituents is 1. The summed E-state index contributed by atoms with van der Waals surface area (Å²) in [6, 6.07) is 10.5. The summed E-state index contributed by atoms with van der Waals surface area (Å²) in [5.41, 5.74) is -0.223. The molecule has 2 saturated heterocycles. The molecule has 3 amide bonds. The minimum absolute atomic E-state index is 0.0369. The van der Waals surface area contributed by atoms with Crippen molar-refractivity contribution in [1.82, 2.24) is 5.32 Å². The zero-order valence-corrected chi connectivity index (χ0v) is 19.3. The number of anilines is 2. The highest BCUT2D eigenvalue weighted by molar-refractivity contribution is 7.98. The molecule has 3 aliphatic heterocycles. The van der Waals surface area contributed by atoms with Gasteiger partial charge in [0.2, 0.25) is 17.7 Å². The summed E-state index contributed by atoms with van der Waals surface area (Å²) in [6.45, 7) is 0. The second-order valence-corrected chi connectivity index (χ2v) is 9.45. The van der Waals surface area contributed by atoms with Crippen molar-refractivity contribution >= 4 is 46.5 Å². The van der Waals surface area contributed by atoms with Gasteiger partial charge in [0.1, 0.15) is 11.3 Å². The number of carbonyl (C=O) groups is 3. The Morgan fingerprint density at radius 3 is 2.65 bits per heavy atom. The molecule has 176 valence electrons. The van der Waals surface area contributed by atoms with Gasteiger partial charge in [0.25, 0.3) is 5.69 Å². The number of hydrogen-bond acceptors (Lipinski definition) is 8. The van der Waals surface area contributed by atoms with Gasteiger partial charge in [-0.3, -0.25) is 29.8 Å². The molecular weight excluding hydrogens is 460 g/mol. The Kier molecular flexibility index (Phi) is 5.33. The van der Waals surface area contributed by atoms with Gasteiger partial charge in [0, 0.05) is 23.4 Å². The minimum atomic E-state index is -1.38. The van der Waals surface area contributed by atoms with Gasteiger partial charge in [-0.2, -0.15) is 11.8 Å². The normalized spacial score (nSPS) is 27.2. The fourth-order valence-electron chi connectivity index (χ4n) is 5.45. The van der Waals surface area contributed by atoms with E-state index in [1.165, 1.54) is 25.3 Å². The summed E-state index contributed by atoms with van der Waals surface area (Å²) in [4.78, 5) is 52.7. The Bertz CT molecular complexity index is 1240. The van der Waals surface area contributed by atoms with Crippen molar-refractivity contribution < 1.29 is 24.0 Å². The fraction of sp³-hybridized carbons (Fsp3) is 0.348. The van der Waals surface area contributed by atoms with Crippen LogP contribution < -0.4 is 20.3 Å². The molecule has 4 atom stereocenters. The van der Waals surface area contributed by atoms with Crippen LogP contribution in [-0.2, 0) is 19.9 Å². The van der Waals surface area contributed by atoms with Crippen molar-refractivity contribution in [3.05, 3.63) is 58.1 Å². The Hall–Kier alpha value is -3.44. The lowest BCUT2D eigenvalue weighted by molar-refractivity contribution is -0.384. The number of nitro groups is 1. The number of ether oxygens (including phenoxy) is 1. The molecule has 5 rings (SSSR count). The number of para-hydroxylation sites is 1. The molecule has 3 aliphatic rings. The van der Waals surface area contributed by atoms with Crippen molar-refractivity contribution in [2.24, 2.45) is 11.8 Å². The maximum Gasteiger partial charge on any atom is 0.273 e. The highest BCUT2D eigenvalue weighted by Gasteiger charge is 2.70. The summed E-state index contributed by atoms with van der Waals surface area (Å²) in [5, 5.41) is 17.4. The second-order valence-electron chi connectivity index (χ2n) is 8.47. The maximum atomic E-state index is 13.9. The zero-order chi connectivity index (χ0) is 24.2. The minimum Gasteiger partial charge on any atom is -0.494 e. The molecule has 2 aromatic carbocycles. The standard InChI is InChI=1S/C23H22N4O6S/c1-33-17-11-12(27(31)32)7-8-16(17)26-20(28)18-15(9-10-34-2)25-23(19(18)21(26)29)13-5-3-4-6-14(13)24-22(23)30/h3-8,11,15,18-19,25H,9-10H2,1-2H3,(H,24,30). The third-order valence-corrected chi connectivity index (χ3v) is 7.51. The molecule has 2 N–H and O–H groups in total. The smallest absolute Gasteiger partial charge is 0.273 e. The van der Waals surface area contributed by atoms with E-state index in [4.69, 9.17) is 4.74 Å². The first kappa shape index (κ1) is 22.4. The third kappa shape index (κ3) is 2.96. The number of carbonyl (C=O) groups excluding carboxylic acids is 3. The predicted molar refractivity (Wildman–Crippen MR) is 126 cm³/mol. The molecule has 34 heavy (non-hydrogen) atoms. The number of benzene rings is 2. The van der Waals surface area contributed by atoms with E-state index in [1.807, 2.05) is 6.26 Å². The summed E-state index contributed by atoms with van der Waals surface area (Å²) < 4.78 is 5.30. The van der Waals surface area contributed by atoms with Crippen LogP contribution in [-0.4, -0.2) is 47.8 Å². The van der Waals surface area contributed by atoms with Gasteiger partial charge in [0.05, 0.1) is 35.6 Å². The number of amides is 3. The molecule has 0 aliphatic carbocycles. The van der Waals surface area contributed by atoms with Crippen LogP contribution in [0.25, 0.3) is 0 Å². The first-order chi connectivity index (χ1) is 16.3. The zero-order valence-electron chi connectivity index (χ0n) is 18.4. The van der Waals surface area contributed by atoms with Gasteiger partial charge in [-0.15, -0.1) is 0 Å². The molecule has 0 radical (unpaired) electrons. The summed E-state index contributed by atoms with van der Waals surface area (Å²) in [5.74, 6) is -2.30. The van der Waals surface area contributed by atoms with Gasteiger partial charge in [-0.25, -0.2) is 4.90 Å². The molecule has 4 unspecified atom stereocenters. The second kappa shape index (κ2) is 8.10. The van der Waals surface area contributed by atoms with E-state index in [9.17, 15) is 24.5 Å². The number of nitrogens with zero attached hydrogens (tertiary/aromatic N) is 2. The molecule has 11 heteroatoms. The Morgan fingerprint density at radius 2 is 1.94 bits per heavy atom. The summed E-state index contributed by atoms with van der Waals surface area (Å²) in [7, 11) is 1.32. The number of methoxy groups -OCH3 is 1. The first-order valence-corrected chi connectivity index (χ1v) is 12.1. The van der Waals surface area contributed by atoms with Crippen LogP contribution in [0.4, 0.5) is 17.1 Å². The Labute approximate surface area is 199 Å². The van der Waals surface area contributed by atoms with Gasteiger partial charge >= 0.3 is 0 Å². The van der Waals surface area contributed by atoms with Crippen molar-refractivity contribution in [2.75, 3.05) is 29.3 Å². The molecule has 3 heterocycles. The predicted octanol–water partition coefficient (Wildman–Crippen LogP) is 2.28. The van der Waals surface area contributed by atoms with Crippen LogP contribution in [0.2, 0.25) is 0 Å². The van der Waals surface area contributed by atoms with Gasteiger partial charge in [-0.1, -0.05) is 18.2 Å². The topological polar surface area (TPSA) is 131 Å². The first-order valence-electron chi connectivity index (χ1n) is 10.7. The highest BCUT2D eigenvalue weighted by atomic mass is 32.2. The van der Waals surface area contributed by atoms with Crippen molar-refractivity contribution in [1.29, 1.82) is 0 Å². The maximum absolute atomic E-state index is 13.9. The van der Waals surface area contributed by atoms with E-state index < -0.39 is 40.2 Å². The molecule has 0 bridgehead atoms. The monoisotopic (exact) mass is 482 g/mol. The number of imide groups is 1. The summed E-state index contributed by atoms with van der Waals surface area (Å²) in [6.07, 6.45) is 2.54. The molecule has 2 aromatic rings. The SMILES string of the molecule is COc1cc([N+](=O)[O-])ccc1N1C(=O)C2C(CCSC)NC3(C(=O)Nc4ccccc43)C2C1=O. The lowest BCUT2D eigenvalue weighted by atomic mass is 9.76. The van der Waals surface area contributed by atoms with E-state index in [0.717, 1.165) is 10.7 Å². The quantitative estimate of drug-likeness (QED) is 0.364. The highest BCUT2D eigenvalue weighted by Crippen LogP contribution is 2.54. The van der Waals surface area contributed by atoms with E-state index in [1.54, 1.807) is 36.0 Å². The molecule has 2 fully saturated rings. The number of thioether (sulfide) groups is 1. The Balaban J connectivity index is 1.64. The molecular formula is C23H22N4O6S. The van der Waals surface area contributed by atoms with Crippen LogP contribution in [0.1, 0.15) is 12.0 Å². The third-order valence-electron chi connectivity index (χ3n) is 6.87. The van der Waals surface area contributed by atoms with E-state index in [2.05, 4.69) is 10.6 Å². The number of rotatable bonds is 6.